The van der Waals surface area contributed by atoms with Crippen molar-refractivity contribution in [3.05, 3.63) is 58.1 Å². The predicted octanol–water partition coefficient (Wildman–Crippen LogP) is 2.79. The zero-order valence-electron chi connectivity index (χ0n) is 9.60. The van der Waals surface area contributed by atoms with Crippen molar-refractivity contribution in [3.8, 4) is 0 Å². The highest BCUT2D eigenvalue weighted by Crippen LogP contribution is 2.18. The minimum absolute atomic E-state index is 0.0355. The topological polar surface area (TPSA) is 51.8 Å². The number of nitrogens with zero attached hydrogens (tertiary/aromatic N) is 2. The molecule has 0 amide bonds. The largest absolute Gasteiger partial charge is 0.324 e. The molecular formula is C13H14BrN3. The van der Waals surface area contributed by atoms with Crippen LogP contribution in [0.1, 0.15) is 22.9 Å². The van der Waals surface area contributed by atoms with Crippen molar-refractivity contribution >= 4 is 15.9 Å². The van der Waals surface area contributed by atoms with Gasteiger partial charge in [0, 0.05) is 41.2 Å². The van der Waals surface area contributed by atoms with Gasteiger partial charge in [0.25, 0.3) is 0 Å². The molecule has 0 aliphatic carbocycles. The lowest BCUT2D eigenvalue weighted by Crippen LogP contribution is -2.15. The summed E-state index contributed by atoms with van der Waals surface area (Å²) in [5.74, 6) is 0. The quantitative estimate of drug-likeness (QED) is 0.946. The summed E-state index contributed by atoms with van der Waals surface area (Å²) >= 11 is 3.37. The lowest BCUT2D eigenvalue weighted by molar-refractivity contribution is 0.700. The highest BCUT2D eigenvalue weighted by Gasteiger charge is 2.10. The second-order valence-electron chi connectivity index (χ2n) is 4.01. The number of aryl methyl sites for hydroxylation is 1. The van der Waals surface area contributed by atoms with E-state index in [4.69, 9.17) is 5.73 Å². The Morgan fingerprint density at radius 2 is 2.12 bits per heavy atom. The third kappa shape index (κ3) is 3.11. The second-order valence-corrected chi connectivity index (χ2v) is 4.93. The van der Waals surface area contributed by atoms with Gasteiger partial charge in [-0.2, -0.15) is 0 Å². The van der Waals surface area contributed by atoms with Crippen LogP contribution in [0.2, 0.25) is 0 Å². The van der Waals surface area contributed by atoms with Crippen molar-refractivity contribution in [2.75, 3.05) is 0 Å². The Labute approximate surface area is 109 Å². The summed E-state index contributed by atoms with van der Waals surface area (Å²) in [6.45, 7) is 2.03. The number of hydrogen-bond acceptors (Lipinski definition) is 3. The first-order chi connectivity index (χ1) is 8.16. The summed E-state index contributed by atoms with van der Waals surface area (Å²) in [5, 5.41) is 0. The van der Waals surface area contributed by atoms with Gasteiger partial charge in [-0.15, -0.1) is 0 Å². The zero-order chi connectivity index (χ0) is 12.3. The van der Waals surface area contributed by atoms with Gasteiger partial charge in [-0.05, 0) is 52.2 Å². The maximum Gasteiger partial charge on any atom is 0.0423 e. The van der Waals surface area contributed by atoms with E-state index in [1.165, 1.54) is 0 Å². The van der Waals surface area contributed by atoms with Crippen LogP contribution in [0.15, 0.2) is 41.3 Å². The van der Waals surface area contributed by atoms with Crippen LogP contribution in [0.3, 0.4) is 0 Å². The second kappa shape index (κ2) is 5.38. The van der Waals surface area contributed by atoms with Crippen LogP contribution in [0, 0.1) is 6.92 Å². The fourth-order valence-corrected chi connectivity index (χ4v) is 2.00. The van der Waals surface area contributed by atoms with Crippen LogP contribution >= 0.6 is 15.9 Å². The van der Waals surface area contributed by atoms with Crippen LogP contribution in [0.4, 0.5) is 0 Å². The maximum atomic E-state index is 6.19. The number of halogens is 1. The first-order valence-electron chi connectivity index (χ1n) is 5.43. The Bertz CT molecular complexity index is 496. The molecule has 0 bridgehead atoms. The Kier molecular flexibility index (Phi) is 3.86. The summed E-state index contributed by atoms with van der Waals surface area (Å²) in [6, 6.07) is 5.90. The molecule has 2 aromatic rings. The molecule has 0 spiro atoms. The molecule has 88 valence electrons. The van der Waals surface area contributed by atoms with Gasteiger partial charge < -0.3 is 5.73 Å². The fourth-order valence-electron chi connectivity index (χ4n) is 1.76. The molecule has 0 radical (unpaired) electrons. The molecular weight excluding hydrogens is 278 g/mol. The molecule has 1 atom stereocenters. The molecule has 0 aromatic carbocycles. The number of nitrogens with two attached hydrogens (primary N) is 1. The molecule has 2 N–H and O–H groups in total. The molecule has 2 heterocycles. The third-order valence-corrected chi connectivity index (χ3v) is 3.15. The highest BCUT2D eigenvalue weighted by atomic mass is 79.9. The van der Waals surface area contributed by atoms with Gasteiger partial charge in [-0.3, -0.25) is 9.97 Å². The lowest BCUT2D eigenvalue weighted by atomic mass is 10.00. The molecule has 1 unspecified atom stereocenters. The minimum Gasteiger partial charge on any atom is -0.324 e. The average Bonchev–Trinajstić information content (AvgIpc) is 2.32. The van der Waals surface area contributed by atoms with Crippen molar-refractivity contribution in [1.29, 1.82) is 0 Å². The molecule has 0 aliphatic rings. The normalized spacial score (nSPS) is 12.4. The summed E-state index contributed by atoms with van der Waals surface area (Å²) in [6.07, 6.45) is 6.14. The molecule has 0 aliphatic heterocycles. The predicted molar refractivity (Wildman–Crippen MR) is 71.5 cm³/mol. The molecule has 0 fully saturated rings. The summed E-state index contributed by atoms with van der Waals surface area (Å²) in [5.41, 5.74) is 9.44. The van der Waals surface area contributed by atoms with E-state index in [1.807, 2.05) is 31.3 Å². The van der Waals surface area contributed by atoms with E-state index in [-0.39, 0.29) is 6.04 Å². The molecule has 2 rings (SSSR count). The number of aromatic nitrogens is 2. The smallest absolute Gasteiger partial charge is 0.0423 e. The SMILES string of the molecule is Cc1cnccc1C(N)Cc1ccc(Br)cn1. The van der Waals surface area contributed by atoms with Gasteiger partial charge in [0.15, 0.2) is 0 Å². The van der Waals surface area contributed by atoms with Crippen LogP contribution in [0.5, 0.6) is 0 Å². The first kappa shape index (κ1) is 12.2. The van der Waals surface area contributed by atoms with Gasteiger partial charge >= 0.3 is 0 Å². The Balaban J connectivity index is 2.14. The van der Waals surface area contributed by atoms with Crippen LogP contribution in [0.25, 0.3) is 0 Å². The lowest BCUT2D eigenvalue weighted by Gasteiger charge is -2.13. The van der Waals surface area contributed by atoms with Crippen LogP contribution < -0.4 is 5.73 Å². The fraction of sp³-hybridized carbons (Fsp3) is 0.231. The van der Waals surface area contributed by atoms with Crippen LogP contribution in [-0.2, 0) is 6.42 Å². The van der Waals surface area contributed by atoms with Crippen molar-refractivity contribution in [1.82, 2.24) is 9.97 Å². The van der Waals surface area contributed by atoms with E-state index in [0.717, 1.165) is 27.7 Å². The summed E-state index contributed by atoms with van der Waals surface area (Å²) in [7, 11) is 0. The standard InChI is InChI=1S/C13H14BrN3/c1-9-7-16-5-4-12(9)13(15)6-11-3-2-10(14)8-17-11/h2-5,7-8,13H,6,15H2,1H3. The number of hydrogen-bond donors (Lipinski definition) is 1. The van der Waals surface area contributed by atoms with Crippen molar-refractivity contribution in [3.63, 3.8) is 0 Å². The van der Waals surface area contributed by atoms with Crippen LogP contribution in [-0.4, -0.2) is 9.97 Å². The van der Waals surface area contributed by atoms with E-state index in [1.54, 1.807) is 12.4 Å². The van der Waals surface area contributed by atoms with Gasteiger partial charge in [0.2, 0.25) is 0 Å². The molecule has 0 saturated carbocycles. The van der Waals surface area contributed by atoms with Gasteiger partial charge in [0.1, 0.15) is 0 Å². The van der Waals surface area contributed by atoms with Gasteiger partial charge in [-0.1, -0.05) is 0 Å². The monoisotopic (exact) mass is 291 g/mol. The number of pyridine rings is 2. The van der Waals surface area contributed by atoms with Gasteiger partial charge in [0.05, 0.1) is 0 Å². The van der Waals surface area contributed by atoms with Crippen molar-refractivity contribution < 1.29 is 0 Å². The van der Waals surface area contributed by atoms with Crippen molar-refractivity contribution in [2.24, 2.45) is 5.73 Å². The molecule has 17 heavy (non-hydrogen) atoms. The molecule has 0 saturated heterocycles. The summed E-state index contributed by atoms with van der Waals surface area (Å²) < 4.78 is 0.981. The van der Waals surface area contributed by atoms with E-state index >= 15 is 0 Å². The molecule has 3 nitrogen and oxygen atoms in total. The first-order valence-corrected chi connectivity index (χ1v) is 6.22. The minimum atomic E-state index is -0.0355. The van der Waals surface area contributed by atoms with E-state index < -0.39 is 0 Å². The molecule has 2 aromatic heterocycles. The van der Waals surface area contributed by atoms with Crippen molar-refractivity contribution in [2.45, 2.75) is 19.4 Å². The highest BCUT2D eigenvalue weighted by molar-refractivity contribution is 9.10. The van der Waals surface area contributed by atoms with E-state index in [2.05, 4.69) is 25.9 Å². The molecule has 4 heteroatoms. The average molecular weight is 292 g/mol. The Hall–Kier alpha value is -1.26. The third-order valence-electron chi connectivity index (χ3n) is 2.68. The zero-order valence-corrected chi connectivity index (χ0v) is 11.2. The van der Waals surface area contributed by atoms with E-state index in [9.17, 15) is 0 Å². The maximum absolute atomic E-state index is 6.19. The van der Waals surface area contributed by atoms with E-state index in [0.29, 0.717) is 0 Å². The summed E-state index contributed by atoms with van der Waals surface area (Å²) in [4.78, 5) is 8.40. The number of rotatable bonds is 3. The Morgan fingerprint density at radius 1 is 1.29 bits per heavy atom. The Morgan fingerprint density at radius 3 is 2.76 bits per heavy atom. The van der Waals surface area contributed by atoms with Gasteiger partial charge in [-0.25, -0.2) is 0 Å².